The zero-order valence-corrected chi connectivity index (χ0v) is 17.8. The van der Waals surface area contributed by atoms with Gasteiger partial charge in [-0.25, -0.2) is 4.99 Å². The van der Waals surface area contributed by atoms with Gasteiger partial charge in [0.25, 0.3) is 11.2 Å². The summed E-state index contributed by atoms with van der Waals surface area (Å²) in [4.78, 5) is 41.6. The van der Waals surface area contributed by atoms with Crippen molar-refractivity contribution in [3.8, 4) is 11.5 Å². The first kappa shape index (κ1) is 20.1. The quantitative estimate of drug-likeness (QED) is 0.479. The van der Waals surface area contributed by atoms with Crippen molar-refractivity contribution in [1.82, 2.24) is 4.57 Å². The topological polar surface area (TPSA) is 124 Å². The van der Waals surface area contributed by atoms with Crippen LogP contribution in [0, 0.1) is 16.0 Å². The van der Waals surface area contributed by atoms with Crippen molar-refractivity contribution in [3.05, 3.63) is 83.4 Å². The molecule has 2 bridgehead atoms. The van der Waals surface area contributed by atoms with Crippen LogP contribution in [0.15, 0.2) is 52.3 Å². The maximum atomic E-state index is 13.4. The molecule has 10 heteroatoms. The highest BCUT2D eigenvalue weighted by Gasteiger charge is 2.53. The zero-order valence-electron chi connectivity index (χ0n) is 17.0. The average molecular weight is 451 g/mol. The standard InChI is InChI=1S/C22H17N3O6S/c1-11(26)18-19-14-5-3-4-6-16(14)31-22(18,2)23-21-24(19)20(28)17(32-21)10-12-9-13(25(29)30)7-8-15(12)27/h3-10,18-19,27H,1-2H3. The van der Waals surface area contributed by atoms with Gasteiger partial charge in [0.15, 0.2) is 4.80 Å². The number of Topliss-reactive ketones (excluding diaryl/α,β-unsaturated/α-hetero) is 1. The van der Waals surface area contributed by atoms with E-state index < -0.39 is 28.2 Å². The molecule has 32 heavy (non-hydrogen) atoms. The number of para-hydroxylation sites is 1. The van der Waals surface area contributed by atoms with Gasteiger partial charge >= 0.3 is 0 Å². The highest BCUT2D eigenvalue weighted by molar-refractivity contribution is 7.07. The minimum atomic E-state index is -1.17. The Bertz CT molecular complexity index is 1490. The Morgan fingerprint density at radius 1 is 1.34 bits per heavy atom. The molecule has 2 aliphatic rings. The van der Waals surface area contributed by atoms with Crippen molar-refractivity contribution < 1.29 is 19.6 Å². The molecule has 3 heterocycles. The molecule has 0 aliphatic carbocycles. The number of ether oxygens (including phenoxy) is 1. The van der Waals surface area contributed by atoms with Crippen molar-refractivity contribution in [2.24, 2.45) is 10.9 Å². The van der Waals surface area contributed by atoms with E-state index in [2.05, 4.69) is 4.99 Å². The SMILES string of the molecule is CC(=O)C1C2c3ccccc3OC1(C)N=c1sc(=Cc3cc([N+](=O)[O-])ccc3O)c(=O)n12. The lowest BCUT2D eigenvalue weighted by molar-refractivity contribution is -0.384. The third kappa shape index (κ3) is 2.87. The molecule has 3 atom stereocenters. The zero-order chi connectivity index (χ0) is 22.8. The van der Waals surface area contributed by atoms with Gasteiger partial charge in [-0.05, 0) is 32.1 Å². The van der Waals surface area contributed by atoms with Gasteiger partial charge in [0, 0.05) is 23.3 Å². The molecule has 2 aliphatic heterocycles. The molecular formula is C22H17N3O6S. The predicted octanol–water partition coefficient (Wildman–Crippen LogP) is 1.89. The second-order valence-electron chi connectivity index (χ2n) is 7.91. The van der Waals surface area contributed by atoms with Crippen LogP contribution in [0.25, 0.3) is 6.08 Å². The van der Waals surface area contributed by atoms with Crippen molar-refractivity contribution in [2.75, 3.05) is 0 Å². The molecule has 0 amide bonds. The first-order valence-electron chi connectivity index (χ1n) is 9.78. The Hall–Kier alpha value is -3.79. The number of rotatable bonds is 3. The second-order valence-corrected chi connectivity index (χ2v) is 8.92. The summed E-state index contributed by atoms with van der Waals surface area (Å²) in [6, 6.07) is 10.2. The lowest BCUT2D eigenvalue weighted by Gasteiger charge is -2.45. The number of phenolic OH excluding ortho intramolecular Hbond substituents is 1. The van der Waals surface area contributed by atoms with Crippen LogP contribution in [0.5, 0.6) is 11.5 Å². The molecular weight excluding hydrogens is 434 g/mol. The Morgan fingerprint density at radius 3 is 2.81 bits per heavy atom. The molecule has 3 aromatic rings. The van der Waals surface area contributed by atoms with E-state index in [0.29, 0.717) is 16.1 Å². The average Bonchev–Trinajstić information content (AvgIpc) is 3.02. The molecule has 0 saturated carbocycles. The molecule has 0 spiro atoms. The fourth-order valence-electron chi connectivity index (χ4n) is 4.47. The largest absolute Gasteiger partial charge is 0.507 e. The molecule has 1 aromatic heterocycles. The highest BCUT2D eigenvalue weighted by atomic mass is 32.1. The Labute approximate surface area is 184 Å². The summed E-state index contributed by atoms with van der Waals surface area (Å²) < 4.78 is 7.85. The number of phenols is 1. The summed E-state index contributed by atoms with van der Waals surface area (Å²) in [7, 11) is 0. The minimum absolute atomic E-state index is 0.143. The molecule has 162 valence electrons. The lowest BCUT2D eigenvalue weighted by atomic mass is 9.79. The van der Waals surface area contributed by atoms with Gasteiger partial charge in [-0.3, -0.25) is 24.3 Å². The van der Waals surface area contributed by atoms with E-state index in [1.165, 1.54) is 35.8 Å². The smallest absolute Gasteiger partial charge is 0.270 e. The first-order valence-corrected chi connectivity index (χ1v) is 10.6. The molecule has 3 unspecified atom stereocenters. The summed E-state index contributed by atoms with van der Waals surface area (Å²) in [6.07, 6.45) is 1.40. The summed E-state index contributed by atoms with van der Waals surface area (Å²) in [5, 5.41) is 21.3. The number of hydrogen-bond acceptors (Lipinski definition) is 8. The van der Waals surface area contributed by atoms with E-state index in [-0.39, 0.29) is 27.3 Å². The van der Waals surface area contributed by atoms with Gasteiger partial charge in [-0.15, -0.1) is 0 Å². The van der Waals surface area contributed by atoms with Crippen molar-refractivity contribution in [3.63, 3.8) is 0 Å². The predicted molar refractivity (Wildman–Crippen MR) is 115 cm³/mol. The van der Waals surface area contributed by atoms with E-state index in [0.717, 1.165) is 11.3 Å². The maximum absolute atomic E-state index is 13.4. The van der Waals surface area contributed by atoms with Crippen LogP contribution in [0.3, 0.4) is 0 Å². The number of nitro benzene ring substituents is 1. The summed E-state index contributed by atoms with van der Waals surface area (Å²) in [5.74, 6) is -0.478. The number of fused-ring (bicyclic) bond motifs is 6. The van der Waals surface area contributed by atoms with E-state index in [4.69, 9.17) is 4.74 Å². The number of hydrogen-bond donors (Lipinski definition) is 1. The summed E-state index contributed by atoms with van der Waals surface area (Å²) >= 11 is 1.08. The van der Waals surface area contributed by atoms with E-state index in [9.17, 15) is 24.8 Å². The van der Waals surface area contributed by atoms with Crippen molar-refractivity contribution in [1.29, 1.82) is 0 Å². The third-order valence-electron chi connectivity index (χ3n) is 5.83. The minimum Gasteiger partial charge on any atom is -0.507 e. The van der Waals surface area contributed by atoms with E-state index in [1.54, 1.807) is 13.0 Å². The van der Waals surface area contributed by atoms with Crippen LogP contribution < -0.4 is 19.6 Å². The Balaban J connectivity index is 1.79. The van der Waals surface area contributed by atoms with Gasteiger partial charge in [0.1, 0.15) is 23.2 Å². The van der Waals surface area contributed by atoms with Crippen molar-refractivity contribution >= 4 is 28.9 Å². The van der Waals surface area contributed by atoms with Crippen LogP contribution in [0.1, 0.15) is 31.0 Å². The number of carbonyl (C=O) groups is 1. The molecule has 2 aromatic carbocycles. The molecule has 9 nitrogen and oxygen atoms in total. The van der Waals surface area contributed by atoms with Crippen molar-refractivity contribution in [2.45, 2.75) is 25.6 Å². The lowest BCUT2D eigenvalue weighted by Crippen LogP contribution is -2.58. The van der Waals surface area contributed by atoms with Crippen LogP contribution in [0.4, 0.5) is 5.69 Å². The second kappa shape index (κ2) is 6.86. The molecule has 1 N–H and O–H groups in total. The van der Waals surface area contributed by atoms with Crippen LogP contribution in [-0.4, -0.2) is 26.1 Å². The van der Waals surface area contributed by atoms with Crippen LogP contribution in [0.2, 0.25) is 0 Å². The number of ketones is 1. The fourth-order valence-corrected chi connectivity index (χ4v) is 5.56. The Morgan fingerprint density at radius 2 is 2.09 bits per heavy atom. The fraction of sp³-hybridized carbons (Fsp3) is 0.227. The monoisotopic (exact) mass is 451 g/mol. The molecule has 5 rings (SSSR count). The van der Waals surface area contributed by atoms with Gasteiger partial charge in [0.2, 0.25) is 5.72 Å². The van der Waals surface area contributed by atoms with Gasteiger partial charge in [-0.2, -0.15) is 0 Å². The molecule has 0 radical (unpaired) electrons. The summed E-state index contributed by atoms with van der Waals surface area (Å²) in [6.45, 7) is 3.19. The normalized spacial score (nSPS) is 23.5. The highest BCUT2D eigenvalue weighted by Crippen LogP contribution is 2.47. The first-order chi connectivity index (χ1) is 15.2. The number of aromatic hydroxyl groups is 1. The van der Waals surface area contributed by atoms with Gasteiger partial charge in [0.05, 0.1) is 15.5 Å². The Kier molecular flexibility index (Phi) is 4.31. The maximum Gasteiger partial charge on any atom is 0.270 e. The number of benzene rings is 2. The number of nitrogens with zero attached hydrogens (tertiary/aromatic N) is 3. The van der Waals surface area contributed by atoms with Gasteiger partial charge < -0.3 is 9.84 Å². The van der Waals surface area contributed by atoms with Crippen LogP contribution >= 0.6 is 11.3 Å². The number of aromatic nitrogens is 1. The molecule has 0 saturated heterocycles. The van der Waals surface area contributed by atoms with Gasteiger partial charge in [-0.1, -0.05) is 29.5 Å². The molecule has 0 fully saturated rings. The number of carbonyl (C=O) groups excluding carboxylic acids is 1. The third-order valence-corrected chi connectivity index (χ3v) is 6.81. The number of non-ortho nitro benzene ring substituents is 1. The number of nitro groups is 1. The van der Waals surface area contributed by atoms with Crippen LogP contribution in [-0.2, 0) is 4.79 Å². The van der Waals surface area contributed by atoms with E-state index in [1.807, 2.05) is 18.2 Å². The van der Waals surface area contributed by atoms with E-state index >= 15 is 0 Å². The number of thiazole rings is 1. The summed E-state index contributed by atoms with van der Waals surface area (Å²) in [5.41, 5.74) is -0.917.